The molecule has 0 spiro atoms. The van der Waals surface area contributed by atoms with Gasteiger partial charge < -0.3 is 15.5 Å². The van der Waals surface area contributed by atoms with Gasteiger partial charge in [-0.25, -0.2) is 4.79 Å². The van der Waals surface area contributed by atoms with Crippen LogP contribution < -0.4 is 10.6 Å². The van der Waals surface area contributed by atoms with E-state index in [1.54, 1.807) is 11.9 Å². The summed E-state index contributed by atoms with van der Waals surface area (Å²) >= 11 is 0. The molecule has 0 radical (unpaired) electrons. The van der Waals surface area contributed by atoms with Gasteiger partial charge in [0.1, 0.15) is 0 Å². The Balaban J connectivity index is 1.74. The fourth-order valence-electron chi connectivity index (χ4n) is 2.85. The molecular weight excluding hydrogens is 338 g/mol. The Kier molecular flexibility index (Phi) is 7.86. The fraction of sp³-hybridized carbons (Fsp3) is 0.364. The van der Waals surface area contributed by atoms with Crippen LogP contribution in [0.4, 0.5) is 4.79 Å². The van der Waals surface area contributed by atoms with Gasteiger partial charge in [-0.2, -0.15) is 0 Å². The van der Waals surface area contributed by atoms with Crippen molar-refractivity contribution in [2.24, 2.45) is 0 Å². The topological polar surface area (TPSA) is 61.4 Å². The minimum Gasteiger partial charge on any atom is -0.341 e. The van der Waals surface area contributed by atoms with Crippen molar-refractivity contribution in [1.82, 2.24) is 15.5 Å². The molecule has 5 heteroatoms. The third kappa shape index (κ3) is 6.77. The Morgan fingerprint density at radius 3 is 2.33 bits per heavy atom. The summed E-state index contributed by atoms with van der Waals surface area (Å²) in [5.41, 5.74) is 3.36. The van der Waals surface area contributed by atoms with Gasteiger partial charge >= 0.3 is 6.03 Å². The first-order valence-corrected chi connectivity index (χ1v) is 9.38. The number of amides is 3. The van der Waals surface area contributed by atoms with E-state index >= 15 is 0 Å². The summed E-state index contributed by atoms with van der Waals surface area (Å²) in [6.07, 6.45) is 1.08. The van der Waals surface area contributed by atoms with Crippen LogP contribution in [0.5, 0.6) is 0 Å². The zero-order valence-corrected chi connectivity index (χ0v) is 16.4. The molecule has 2 N–H and O–H groups in total. The maximum atomic E-state index is 12.2. The zero-order chi connectivity index (χ0) is 19.6. The number of nitrogens with one attached hydrogen (secondary N) is 2. The number of hydrogen-bond donors (Lipinski definition) is 2. The van der Waals surface area contributed by atoms with E-state index in [4.69, 9.17) is 0 Å². The van der Waals surface area contributed by atoms with Crippen LogP contribution in [-0.2, 0) is 11.3 Å². The molecule has 0 aromatic heterocycles. The summed E-state index contributed by atoms with van der Waals surface area (Å²) in [5.74, 6) is 0.00438. The lowest BCUT2D eigenvalue weighted by Gasteiger charge is -2.19. The number of benzene rings is 2. The monoisotopic (exact) mass is 367 g/mol. The summed E-state index contributed by atoms with van der Waals surface area (Å²) in [4.78, 5) is 26.0. The minimum atomic E-state index is -0.249. The van der Waals surface area contributed by atoms with Crippen LogP contribution >= 0.6 is 0 Å². The summed E-state index contributed by atoms with van der Waals surface area (Å²) in [5, 5.41) is 5.75. The second-order valence-electron chi connectivity index (χ2n) is 6.76. The van der Waals surface area contributed by atoms with Crippen molar-refractivity contribution in [3.63, 3.8) is 0 Å². The first-order valence-electron chi connectivity index (χ1n) is 9.38. The molecule has 2 aromatic rings. The summed E-state index contributed by atoms with van der Waals surface area (Å²) in [7, 11) is 1.78. The lowest BCUT2D eigenvalue weighted by atomic mass is 10.0. The van der Waals surface area contributed by atoms with Crippen molar-refractivity contribution < 1.29 is 9.59 Å². The number of nitrogens with zero attached hydrogens (tertiary/aromatic N) is 1. The van der Waals surface area contributed by atoms with E-state index in [-0.39, 0.29) is 24.4 Å². The van der Waals surface area contributed by atoms with E-state index in [9.17, 15) is 9.59 Å². The molecule has 3 amide bonds. The third-order valence-electron chi connectivity index (χ3n) is 4.51. The van der Waals surface area contributed by atoms with E-state index in [0.29, 0.717) is 13.1 Å². The van der Waals surface area contributed by atoms with Gasteiger partial charge in [-0.3, -0.25) is 4.79 Å². The number of carbonyl (C=O) groups excluding carboxylic acids is 2. The Labute approximate surface area is 161 Å². The third-order valence-corrected chi connectivity index (χ3v) is 4.51. The minimum absolute atomic E-state index is 0.00438. The maximum absolute atomic E-state index is 12.2. The lowest BCUT2D eigenvalue weighted by molar-refractivity contribution is -0.130. The average Bonchev–Trinajstić information content (AvgIpc) is 2.67. The summed E-state index contributed by atoms with van der Waals surface area (Å²) in [6.45, 7) is 4.95. The SMILES string of the molecule is CCC(NC(=O)NCCC(=O)N(C)Cc1ccccc1)c1ccc(C)cc1. The Morgan fingerprint density at radius 2 is 1.70 bits per heavy atom. The Bertz CT molecular complexity index is 729. The number of hydrogen-bond acceptors (Lipinski definition) is 2. The lowest BCUT2D eigenvalue weighted by Crippen LogP contribution is -2.39. The van der Waals surface area contributed by atoms with Crippen LogP contribution in [0.3, 0.4) is 0 Å². The van der Waals surface area contributed by atoms with Gasteiger partial charge in [-0.1, -0.05) is 67.1 Å². The van der Waals surface area contributed by atoms with Gasteiger partial charge in [0.15, 0.2) is 0 Å². The summed E-state index contributed by atoms with van der Waals surface area (Å²) < 4.78 is 0. The summed E-state index contributed by atoms with van der Waals surface area (Å²) in [6, 6.07) is 17.7. The molecule has 1 unspecified atom stereocenters. The van der Waals surface area contributed by atoms with Gasteiger partial charge in [0.05, 0.1) is 6.04 Å². The van der Waals surface area contributed by atoms with Crippen molar-refractivity contribution in [1.29, 1.82) is 0 Å². The average molecular weight is 367 g/mol. The van der Waals surface area contributed by atoms with Crippen LogP contribution in [0.2, 0.25) is 0 Å². The Hall–Kier alpha value is -2.82. The molecule has 0 aliphatic heterocycles. The maximum Gasteiger partial charge on any atom is 0.315 e. The van der Waals surface area contributed by atoms with Crippen LogP contribution in [-0.4, -0.2) is 30.4 Å². The molecule has 2 aromatic carbocycles. The zero-order valence-electron chi connectivity index (χ0n) is 16.4. The number of aryl methyl sites for hydroxylation is 1. The predicted molar refractivity (Wildman–Crippen MR) is 108 cm³/mol. The standard InChI is InChI=1S/C22H29N3O2/c1-4-20(19-12-10-17(2)11-13-19)24-22(27)23-15-14-21(26)25(3)16-18-8-6-5-7-9-18/h5-13,20H,4,14-16H2,1-3H3,(H2,23,24,27). The number of urea groups is 1. The number of carbonyl (C=O) groups is 2. The predicted octanol–water partition coefficient (Wildman–Crippen LogP) is 3.79. The molecule has 0 bridgehead atoms. The molecule has 0 fully saturated rings. The second kappa shape index (κ2) is 10.4. The van der Waals surface area contributed by atoms with Gasteiger partial charge in [0, 0.05) is 26.6 Å². The second-order valence-corrected chi connectivity index (χ2v) is 6.76. The van der Waals surface area contributed by atoms with E-state index in [1.807, 2.05) is 68.4 Å². The van der Waals surface area contributed by atoms with Crippen LogP contribution in [0.1, 0.15) is 42.5 Å². The van der Waals surface area contributed by atoms with Crippen LogP contribution in [0.25, 0.3) is 0 Å². The molecule has 144 valence electrons. The molecule has 0 saturated heterocycles. The highest BCUT2D eigenvalue weighted by molar-refractivity contribution is 5.78. The van der Waals surface area contributed by atoms with E-state index in [0.717, 1.165) is 17.5 Å². The molecule has 2 rings (SSSR count). The Morgan fingerprint density at radius 1 is 1.04 bits per heavy atom. The fourth-order valence-corrected chi connectivity index (χ4v) is 2.85. The number of rotatable bonds is 8. The van der Waals surface area contributed by atoms with Crippen molar-refractivity contribution in [2.75, 3.05) is 13.6 Å². The molecule has 0 aliphatic carbocycles. The van der Waals surface area contributed by atoms with E-state index < -0.39 is 0 Å². The molecule has 1 atom stereocenters. The van der Waals surface area contributed by atoms with Crippen molar-refractivity contribution in [2.45, 2.75) is 39.3 Å². The van der Waals surface area contributed by atoms with Crippen molar-refractivity contribution >= 4 is 11.9 Å². The van der Waals surface area contributed by atoms with Gasteiger partial charge in [0.25, 0.3) is 0 Å². The van der Waals surface area contributed by atoms with Gasteiger partial charge in [0.2, 0.25) is 5.91 Å². The first kappa shape index (κ1) is 20.5. The van der Waals surface area contributed by atoms with Crippen LogP contribution in [0, 0.1) is 6.92 Å². The first-order chi connectivity index (χ1) is 13.0. The largest absolute Gasteiger partial charge is 0.341 e. The van der Waals surface area contributed by atoms with E-state index in [2.05, 4.69) is 10.6 Å². The molecule has 0 saturated carbocycles. The smallest absolute Gasteiger partial charge is 0.315 e. The van der Waals surface area contributed by atoms with Crippen LogP contribution in [0.15, 0.2) is 54.6 Å². The normalized spacial score (nSPS) is 11.5. The highest BCUT2D eigenvalue weighted by Crippen LogP contribution is 2.16. The highest BCUT2D eigenvalue weighted by Gasteiger charge is 2.13. The van der Waals surface area contributed by atoms with Gasteiger partial charge in [-0.05, 0) is 24.5 Å². The highest BCUT2D eigenvalue weighted by atomic mass is 16.2. The van der Waals surface area contributed by atoms with Crippen molar-refractivity contribution in [3.8, 4) is 0 Å². The molecule has 0 heterocycles. The van der Waals surface area contributed by atoms with Gasteiger partial charge in [-0.15, -0.1) is 0 Å². The molecule has 0 aliphatic rings. The molecular formula is C22H29N3O2. The molecule has 27 heavy (non-hydrogen) atoms. The molecule has 5 nitrogen and oxygen atoms in total. The quantitative estimate of drug-likeness (QED) is 0.746. The van der Waals surface area contributed by atoms with E-state index in [1.165, 1.54) is 5.56 Å². The van der Waals surface area contributed by atoms with Crippen molar-refractivity contribution in [3.05, 3.63) is 71.3 Å².